The number of para-hydroxylation sites is 1. The summed E-state index contributed by atoms with van der Waals surface area (Å²) in [4.78, 5) is 22.6. The second-order valence-electron chi connectivity index (χ2n) is 4.82. The summed E-state index contributed by atoms with van der Waals surface area (Å²) in [7, 11) is 0. The van der Waals surface area contributed by atoms with Gasteiger partial charge in [-0.05, 0) is 30.4 Å². The molecule has 1 N–H and O–H groups in total. The van der Waals surface area contributed by atoms with Crippen molar-refractivity contribution in [2.75, 3.05) is 0 Å². The van der Waals surface area contributed by atoms with E-state index in [1.807, 2.05) is 0 Å². The van der Waals surface area contributed by atoms with Crippen molar-refractivity contribution in [3.63, 3.8) is 0 Å². The van der Waals surface area contributed by atoms with Crippen molar-refractivity contribution in [2.24, 2.45) is 0 Å². The van der Waals surface area contributed by atoms with Gasteiger partial charge in [-0.2, -0.15) is 0 Å². The number of nitro benzene ring substituents is 1. The van der Waals surface area contributed by atoms with Crippen LogP contribution in [-0.4, -0.2) is 15.8 Å². The highest BCUT2D eigenvalue weighted by Gasteiger charge is 2.26. The molecule has 1 aliphatic rings. The Balaban J connectivity index is 1.85. The van der Waals surface area contributed by atoms with E-state index in [1.54, 1.807) is 18.2 Å². The van der Waals surface area contributed by atoms with Crippen LogP contribution < -0.4 is 4.74 Å². The Kier molecular flexibility index (Phi) is 3.64. The topological polar surface area (TPSA) is 89.7 Å². The van der Waals surface area contributed by atoms with E-state index in [0.29, 0.717) is 16.9 Å². The number of hydrogen-bond acceptors (Lipinski definition) is 5. The number of ketones is 1. The molecule has 0 atom stereocenters. The number of carbonyl (C=O) groups is 1. The minimum atomic E-state index is -0.470. The van der Waals surface area contributed by atoms with Crippen molar-refractivity contribution in [3.05, 3.63) is 81.6 Å². The minimum absolute atomic E-state index is 0.00764. The lowest BCUT2D eigenvalue weighted by atomic mass is 10.1. The lowest BCUT2D eigenvalue weighted by molar-refractivity contribution is -0.385. The fraction of sp³-hybridized carbons (Fsp3) is 0. The maximum atomic E-state index is 12.1. The van der Waals surface area contributed by atoms with Gasteiger partial charge in [0, 0.05) is 12.1 Å². The third-order valence-electron chi connectivity index (χ3n) is 3.31. The van der Waals surface area contributed by atoms with Crippen molar-refractivity contribution >= 4 is 17.5 Å². The van der Waals surface area contributed by atoms with Gasteiger partial charge in [0.25, 0.3) is 5.69 Å². The van der Waals surface area contributed by atoms with E-state index in [9.17, 15) is 20.0 Å². The highest BCUT2D eigenvalue weighted by molar-refractivity contribution is 6.12. The summed E-state index contributed by atoms with van der Waals surface area (Å²) in [5.41, 5.74) is 0.775. The number of phenols is 1. The van der Waals surface area contributed by atoms with E-state index in [4.69, 9.17) is 4.74 Å². The van der Waals surface area contributed by atoms with Crippen LogP contribution in [0.5, 0.6) is 11.5 Å². The summed E-state index contributed by atoms with van der Waals surface area (Å²) in [6.07, 6.45) is 4.49. The van der Waals surface area contributed by atoms with Crippen molar-refractivity contribution in [1.29, 1.82) is 0 Å². The summed E-state index contributed by atoms with van der Waals surface area (Å²) in [6.45, 7) is 0. The van der Waals surface area contributed by atoms with Crippen LogP contribution in [-0.2, 0) is 0 Å². The van der Waals surface area contributed by atoms with Crippen LogP contribution in [0.3, 0.4) is 0 Å². The largest absolute Gasteiger partial charge is 0.508 e. The quantitative estimate of drug-likeness (QED) is 0.532. The predicted octanol–water partition coefficient (Wildman–Crippen LogP) is 3.47. The van der Waals surface area contributed by atoms with Crippen LogP contribution in [0, 0.1) is 10.1 Å². The summed E-state index contributed by atoms with van der Waals surface area (Å²) in [6, 6.07) is 10.5. The van der Waals surface area contributed by atoms with Gasteiger partial charge >= 0.3 is 0 Å². The fourth-order valence-electron chi connectivity index (χ4n) is 2.22. The molecule has 0 saturated carbocycles. The average molecular weight is 309 g/mol. The van der Waals surface area contributed by atoms with Gasteiger partial charge in [-0.25, -0.2) is 0 Å². The van der Waals surface area contributed by atoms with E-state index >= 15 is 0 Å². The third kappa shape index (κ3) is 2.82. The summed E-state index contributed by atoms with van der Waals surface area (Å²) >= 11 is 0. The molecule has 0 aromatic heterocycles. The molecule has 23 heavy (non-hydrogen) atoms. The van der Waals surface area contributed by atoms with E-state index in [-0.39, 0.29) is 23.0 Å². The van der Waals surface area contributed by atoms with Crippen LogP contribution in [0.2, 0.25) is 0 Å². The molecule has 6 nitrogen and oxygen atoms in total. The van der Waals surface area contributed by atoms with Gasteiger partial charge in [-0.15, -0.1) is 0 Å². The summed E-state index contributed by atoms with van der Waals surface area (Å²) in [5, 5.41) is 20.3. The van der Waals surface area contributed by atoms with Crippen molar-refractivity contribution in [1.82, 2.24) is 0 Å². The second-order valence-corrected chi connectivity index (χ2v) is 4.82. The Bertz CT molecular complexity index is 867. The maximum Gasteiger partial charge on any atom is 0.276 e. The number of fused-ring (bicyclic) bond motifs is 1. The third-order valence-corrected chi connectivity index (χ3v) is 3.31. The number of nitrogens with zero attached hydrogens (tertiary/aromatic N) is 1. The van der Waals surface area contributed by atoms with Gasteiger partial charge in [0.2, 0.25) is 5.78 Å². The highest BCUT2D eigenvalue weighted by Crippen LogP contribution is 2.33. The number of carbonyl (C=O) groups excluding carboxylic acids is 1. The number of benzene rings is 2. The number of hydrogen-bond donors (Lipinski definition) is 1. The SMILES string of the molecule is O=C1/C(=C/C=C/c2ccccc2[N+](=O)[O-])Oc2cc(O)ccc21. The van der Waals surface area contributed by atoms with Gasteiger partial charge in [0.05, 0.1) is 16.1 Å². The standard InChI is InChI=1S/C17H11NO5/c19-12-8-9-13-16(10-12)23-15(17(13)20)7-3-5-11-4-1-2-6-14(11)18(21)22/h1-10,19H/b5-3+,15-7-. The fourth-order valence-corrected chi connectivity index (χ4v) is 2.22. The molecular formula is C17H11NO5. The smallest absolute Gasteiger partial charge is 0.276 e. The first-order chi connectivity index (χ1) is 11.1. The number of nitro groups is 1. The van der Waals surface area contributed by atoms with Crippen LogP contribution >= 0.6 is 0 Å². The average Bonchev–Trinajstić information content (AvgIpc) is 2.83. The Morgan fingerprint density at radius 2 is 1.96 bits per heavy atom. The summed E-state index contributed by atoms with van der Waals surface area (Å²) in [5.74, 6) is 0.0984. The molecule has 114 valence electrons. The lowest BCUT2D eigenvalue weighted by Crippen LogP contribution is -1.97. The molecule has 1 heterocycles. The lowest BCUT2D eigenvalue weighted by Gasteiger charge is -1.97. The van der Waals surface area contributed by atoms with E-state index in [2.05, 4.69) is 0 Å². The monoisotopic (exact) mass is 309 g/mol. The first kappa shape index (κ1) is 14.5. The van der Waals surface area contributed by atoms with Crippen molar-refractivity contribution < 1.29 is 19.6 Å². The van der Waals surface area contributed by atoms with Gasteiger partial charge < -0.3 is 9.84 Å². The number of Topliss-reactive ketones (excluding diaryl/α,β-unsaturated/α-hetero) is 1. The molecule has 0 unspecified atom stereocenters. The van der Waals surface area contributed by atoms with E-state index in [0.717, 1.165) is 0 Å². The zero-order valence-corrected chi connectivity index (χ0v) is 11.8. The molecule has 1 aliphatic heterocycles. The normalized spacial score (nSPS) is 15.0. The molecule has 0 radical (unpaired) electrons. The number of rotatable bonds is 3. The molecule has 0 spiro atoms. The Hall–Kier alpha value is -3.41. The van der Waals surface area contributed by atoms with Gasteiger partial charge in [0.15, 0.2) is 5.76 Å². The molecular weight excluding hydrogens is 298 g/mol. The number of aromatic hydroxyl groups is 1. The van der Waals surface area contributed by atoms with Gasteiger partial charge in [-0.1, -0.05) is 18.2 Å². The zero-order valence-electron chi connectivity index (χ0n) is 11.8. The number of ether oxygens (including phenoxy) is 1. The Morgan fingerprint density at radius 1 is 1.17 bits per heavy atom. The Morgan fingerprint density at radius 3 is 2.74 bits per heavy atom. The molecule has 0 aliphatic carbocycles. The first-order valence-corrected chi connectivity index (χ1v) is 6.73. The molecule has 0 bridgehead atoms. The second kappa shape index (κ2) is 5.76. The maximum absolute atomic E-state index is 12.1. The van der Waals surface area contributed by atoms with Crippen LogP contribution in [0.25, 0.3) is 6.08 Å². The van der Waals surface area contributed by atoms with Gasteiger partial charge in [-0.3, -0.25) is 14.9 Å². The van der Waals surface area contributed by atoms with Crippen molar-refractivity contribution in [3.8, 4) is 11.5 Å². The molecule has 2 aromatic carbocycles. The molecule has 0 fully saturated rings. The number of allylic oxidation sites excluding steroid dienone is 3. The van der Waals surface area contributed by atoms with Crippen LogP contribution in [0.15, 0.2) is 60.4 Å². The van der Waals surface area contributed by atoms with Crippen LogP contribution in [0.4, 0.5) is 5.69 Å². The van der Waals surface area contributed by atoms with E-state index < -0.39 is 4.92 Å². The van der Waals surface area contributed by atoms with Crippen LogP contribution in [0.1, 0.15) is 15.9 Å². The Labute approximate surface area is 131 Å². The summed E-state index contributed by atoms with van der Waals surface area (Å²) < 4.78 is 5.38. The molecule has 0 amide bonds. The van der Waals surface area contributed by atoms with E-state index in [1.165, 1.54) is 42.5 Å². The molecule has 2 aromatic rings. The number of phenolic OH excluding ortho intramolecular Hbond substituents is 1. The predicted molar refractivity (Wildman–Crippen MR) is 83.3 cm³/mol. The zero-order chi connectivity index (χ0) is 16.4. The molecule has 6 heteroatoms. The molecule has 0 saturated heterocycles. The first-order valence-electron chi connectivity index (χ1n) is 6.73. The molecule has 3 rings (SSSR count). The highest BCUT2D eigenvalue weighted by atomic mass is 16.6. The van der Waals surface area contributed by atoms with Crippen molar-refractivity contribution in [2.45, 2.75) is 0 Å². The van der Waals surface area contributed by atoms with Gasteiger partial charge in [0.1, 0.15) is 11.5 Å². The minimum Gasteiger partial charge on any atom is -0.508 e.